The summed E-state index contributed by atoms with van der Waals surface area (Å²) in [5, 5.41) is 17.8. The molecule has 3 aromatic rings. The number of carbonyl (C=O) groups excluding carboxylic acids is 3. The minimum atomic E-state index is -4.22. The number of nitrogens with zero attached hydrogens (tertiary/aromatic N) is 2. The zero-order valence-electron chi connectivity index (χ0n) is 23.4. The molecule has 4 rings (SSSR count). The van der Waals surface area contributed by atoms with E-state index in [0.717, 1.165) is 15.9 Å². The van der Waals surface area contributed by atoms with Gasteiger partial charge < -0.3 is 25.0 Å². The third-order valence-corrected chi connectivity index (χ3v) is 8.85. The number of hydrogen-bond acceptors (Lipinski definition) is 8. The summed E-state index contributed by atoms with van der Waals surface area (Å²) in [6.07, 6.45) is 1.85. The molecule has 0 radical (unpaired) electrons. The lowest BCUT2D eigenvalue weighted by Gasteiger charge is -2.23. The number of amides is 2. The smallest absolute Gasteiger partial charge is 0.323 e. The van der Waals surface area contributed by atoms with E-state index >= 15 is 0 Å². The van der Waals surface area contributed by atoms with E-state index in [1.165, 1.54) is 25.3 Å². The molecule has 2 aromatic heterocycles. The molecule has 2 N–H and O–H groups in total. The van der Waals surface area contributed by atoms with Gasteiger partial charge in [-0.15, -0.1) is 0 Å². The second-order valence-corrected chi connectivity index (χ2v) is 12.3. The Hall–Kier alpha value is -3.97. The molecule has 0 saturated carbocycles. The molecule has 1 saturated heterocycles. The van der Waals surface area contributed by atoms with Gasteiger partial charge in [-0.25, -0.2) is 8.42 Å². The zero-order chi connectivity index (χ0) is 29.9. The van der Waals surface area contributed by atoms with E-state index < -0.39 is 51.3 Å². The number of sulfonamides is 1. The van der Waals surface area contributed by atoms with Crippen LogP contribution in [0.5, 0.6) is 5.75 Å². The highest BCUT2D eigenvalue weighted by atomic mass is 32.2. The van der Waals surface area contributed by atoms with Crippen molar-refractivity contribution in [3.05, 3.63) is 59.1 Å². The van der Waals surface area contributed by atoms with Crippen LogP contribution in [0.15, 0.2) is 52.0 Å². The van der Waals surface area contributed by atoms with E-state index in [2.05, 4.69) is 10.6 Å². The van der Waals surface area contributed by atoms with E-state index in [0.29, 0.717) is 23.3 Å². The summed E-state index contributed by atoms with van der Waals surface area (Å²) in [5.74, 6) is -0.968. The second-order valence-electron chi connectivity index (χ2n) is 10.4. The Morgan fingerprint density at radius 1 is 1.24 bits per heavy atom. The summed E-state index contributed by atoms with van der Waals surface area (Å²) >= 11 is 0. The molecule has 0 spiro atoms. The summed E-state index contributed by atoms with van der Waals surface area (Å²) in [4.78, 5) is 39.7. The van der Waals surface area contributed by atoms with Gasteiger partial charge in [0.05, 0.1) is 19.7 Å². The molecule has 13 heteroatoms. The van der Waals surface area contributed by atoms with Gasteiger partial charge in [0.25, 0.3) is 5.91 Å². The topological polar surface area (TPSA) is 162 Å². The van der Waals surface area contributed by atoms with Crippen molar-refractivity contribution >= 4 is 38.6 Å². The first-order valence-corrected chi connectivity index (χ1v) is 14.8. The number of ether oxygens (including phenoxy) is 1. The van der Waals surface area contributed by atoms with Crippen molar-refractivity contribution in [2.45, 2.75) is 57.1 Å². The zero-order valence-corrected chi connectivity index (χ0v) is 24.2. The lowest BCUT2D eigenvalue weighted by molar-refractivity contribution is -0.646. The highest BCUT2D eigenvalue weighted by Gasteiger charge is 2.37. The molecule has 2 atom stereocenters. The second kappa shape index (κ2) is 12.3. The number of fused-ring (bicyclic) bond motifs is 1. The van der Waals surface area contributed by atoms with Gasteiger partial charge in [0.1, 0.15) is 17.4 Å². The quantitative estimate of drug-likeness (QED) is 0.284. The normalized spacial score (nSPS) is 17.3. The van der Waals surface area contributed by atoms with Crippen molar-refractivity contribution in [1.82, 2.24) is 14.9 Å². The summed E-state index contributed by atoms with van der Waals surface area (Å²) in [7, 11) is -2.70. The van der Waals surface area contributed by atoms with E-state index in [9.17, 15) is 28.0 Å². The molecule has 220 valence electrons. The van der Waals surface area contributed by atoms with Gasteiger partial charge in [0.2, 0.25) is 5.91 Å². The molecule has 1 aliphatic rings. The number of furan rings is 1. The average molecular weight is 587 g/mol. The number of ketones is 1. The fourth-order valence-electron chi connectivity index (χ4n) is 4.85. The molecular formula is C28H34N4O8S. The predicted molar refractivity (Wildman–Crippen MR) is 149 cm³/mol. The largest absolute Gasteiger partial charge is 0.618 e. The molecule has 0 bridgehead atoms. The van der Waals surface area contributed by atoms with E-state index in [4.69, 9.17) is 9.15 Å². The van der Waals surface area contributed by atoms with Crippen LogP contribution >= 0.6 is 0 Å². The Morgan fingerprint density at radius 2 is 2.00 bits per heavy atom. The van der Waals surface area contributed by atoms with Gasteiger partial charge in [0.15, 0.2) is 17.7 Å². The van der Waals surface area contributed by atoms with Gasteiger partial charge in [-0.05, 0) is 50.3 Å². The van der Waals surface area contributed by atoms with Crippen LogP contribution in [-0.2, 0) is 19.6 Å². The fourth-order valence-corrected chi connectivity index (χ4v) is 6.32. The SMILES string of the molecule is COc1ccc2c(C)c(C(=O)N[C@@H](CC(C)C)C(=O)NC3CCCN(S(=O)(=O)c4cccc[n+]4[O-])CC3=O)oc2c1. The summed E-state index contributed by atoms with van der Waals surface area (Å²) in [5.41, 5.74) is 1.08. The van der Waals surface area contributed by atoms with Gasteiger partial charge in [-0.3, -0.25) is 14.4 Å². The first-order valence-electron chi connectivity index (χ1n) is 13.3. The first kappa shape index (κ1) is 30.0. The van der Waals surface area contributed by atoms with Crippen molar-refractivity contribution in [1.29, 1.82) is 0 Å². The Morgan fingerprint density at radius 3 is 2.68 bits per heavy atom. The van der Waals surface area contributed by atoms with Crippen molar-refractivity contribution in [3.8, 4) is 5.75 Å². The number of hydrogen-bond donors (Lipinski definition) is 2. The lowest BCUT2D eigenvalue weighted by atomic mass is 10.0. The molecule has 1 fully saturated rings. The molecule has 1 aromatic carbocycles. The third-order valence-electron chi connectivity index (χ3n) is 7.01. The van der Waals surface area contributed by atoms with Crippen LogP contribution in [0.25, 0.3) is 11.0 Å². The number of pyridine rings is 1. The number of aromatic nitrogens is 1. The highest BCUT2D eigenvalue weighted by Crippen LogP contribution is 2.29. The van der Waals surface area contributed by atoms with E-state index in [1.54, 1.807) is 25.1 Å². The number of methoxy groups -OCH3 is 1. The number of rotatable bonds is 9. The van der Waals surface area contributed by atoms with Crippen LogP contribution in [0.3, 0.4) is 0 Å². The fraction of sp³-hybridized carbons (Fsp3) is 0.429. The van der Waals surface area contributed by atoms with Crippen LogP contribution in [-0.4, -0.2) is 62.6 Å². The minimum Gasteiger partial charge on any atom is -0.618 e. The Labute approximate surface area is 238 Å². The maximum absolute atomic E-state index is 13.4. The number of aryl methyl sites for hydroxylation is 1. The molecule has 12 nitrogen and oxygen atoms in total. The van der Waals surface area contributed by atoms with Crippen LogP contribution in [0.4, 0.5) is 0 Å². The van der Waals surface area contributed by atoms with Crippen LogP contribution in [0.1, 0.15) is 49.2 Å². The monoisotopic (exact) mass is 586 g/mol. The number of carbonyl (C=O) groups is 3. The summed E-state index contributed by atoms with van der Waals surface area (Å²) in [6.45, 7) is 5.06. The van der Waals surface area contributed by atoms with Crippen LogP contribution in [0, 0.1) is 18.0 Å². The maximum Gasteiger partial charge on any atom is 0.323 e. The summed E-state index contributed by atoms with van der Waals surface area (Å²) < 4.78 is 38.3. The predicted octanol–water partition coefficient (Wildman–Crippen LogP) is 2.07. The molecule has 1 unspecified atom stereocenters. The average Bonchev–Trinajstić information content (AvgIpc) is 3.14. The Bertz CT molecular complexity index is 1570. The van der Waals surface area contributed by atoms with E-state index in [1.807, 2.05) is 13.8 Å². The summed E-state index contributed by atoms with van der Waals surface area (Å²) in [6, 6.07) is 7.31. The van der Waals surface area contributed by atoms with Crippen LogP contribution in [0.2, 0.25) is 0 Å². The van der Waals surface area contributed by atoms with Crippen molar-refractivity contribution in [2.24, 2.45) is 5.92 Å². The lowest BCUT2D eigenvalue weighted by Crippen LogP contribution is -2.53. The first-order chi connectivity index (χ1) is 19.4. The number of Topliss-reactive ketones (excluding diaryl/α,β-unsaturated/α-hetero) is 1. The minimum absolute atomic E-state index is 0.0115. The molecule has 0 aliphatic carbocycles. The maximum atomic E-state index is 13.4. The molecule has 3 heterocycles. The van der Waals surface area contributed by atoms with Gasteiger partial charge in [-0.1, -0.05) is 13.8 Å². The van der Waals surface area contributed by atoms with Crippen molar-refractivity contribution in [2.75, 3.05) is 20.2 Å². The third kappa shape index (κ3) is 6.51. The number of nitrogens with one attached hydrogen (secondary N) is 2. The van der Waals surface area contributed by atoms with Crippen molar-refractivity contribution in [3.63, 3.8) is 0 Å². The number of benzene rings is 1. The van der Waals surface area contributed by atoms with Crippen molar-refractivity contribution < 1.29 is 36.7 Å². The van der Waals surface area contributed by atoms with Gasteiger partial charge in [0, 0.05) is 35.7 Å². The van der Waals surface area contributed by atoms with E-state index in [-0.39, 0.29) is 35.8 Å². The molecule has 1 aliphatic heterocycles. The molecule has 2 amide bonds. The van der Waals surface area contributed by atoms with Gasteiger partial charge in [-0.2, -0.15) is 9.04 Å². The standard InChI is InChI=1S/C28H34N4O8S/c1-17(2)14-22(30-28(35)26-18(3)20-11-10-19(39-4)15-24(20)40-26)27(34)29-21-8-7-12-31(16-23(21)33)41(37,38)25-9-5-6-13-32(25)36/h5-6,9-11,13,15,17,21-22H,7-8,12,14,16H2,1-4H3,(H,29,34)(H,30,35)/t21?,22-/m0/s1. The Kier molecular flexibility index (Phi) is 8.98. The van der Waals surface area contributed by atoms with Crippen LogP contribution < -0.4 is 20.1 Å². The highest BCUT2D eigenvalue weighted by molar-refractivity contribution is 7.89. The molecule has 41 heavy (non-hydrogen) atoms. The van der Waals surface area contributed by atoms with Gasteiger partial charge >= 0.3 is 15.0 Å². The Balaban J connectivity index is 1.48. The molecular weight excluding hydrogens is 552 g/mol.